The smallest absolute Gasteiger partial charge is 0.262 e. The number of rotatable bonds is 5. The highest BCUT2D eigenvalue weighted by atomic mass is 19.1. The predicted molar refractivity (Wildman–Crippen MR) is 115 cm³/mol. The number of anilines is 2. The van der Waals surface area contributed by atoms with E-state index in [2.05, 4.69) is 30.5 Å². The second-order valence-corrected chi connectivity index (χ2v) is 7.79. The van der Waals surface area contributed by atoms with Crippen LogP contribution in [-0.4, -0.2) is 70.3 Å². The summed E-state index contributed by atoms with van der Waals surface area (Å²) in [5, 5.41) is 6.03. The number of aryl methyl sites for hydroxylation is 1. The fourth-order valence-electron chi connectivity index (χ4n) is 4.18. The molecule has 2 saturated heterocycles. The number of nitrogens with one attached hydrogen (secondary N) is 2. The minimum Gasteiger partial charge on any atom is -0.477 e. The van der Waals surface area contributed by atoms with Crippen LogP contribution in [0, 0.1) is 12.7 Å². The maximum Gasteiger partial charge on any atom is 0.262 e. The largest absolute Gasteiger partial charge is 0.477 e. The number of halogens is 1. The minimum absolute atomic E-state index is 0.0856. The molecule has 2 atom stereocenters. The number of ether oxygens (including phenoxy) is 2. The normalized spacial score (nSPS) is 20.4. The number of pyridine rings is 1. The SMILES string of the molecule is CCOc1nc(N2CCO[C@H]3CNC[C@H]32)ncc1C(=O)Nc1cc(F)c2nc(C)cn2c1. The number of carbonyl (C=O) groups excluding carboxylic acids is 1. The van der Waals surface area contributed by atoms with Gasteiger partial charge in [-0.25, -0.2) is 14.4 Å². The summed E-state index contributed by atoms with van der Waals surface area (Å²) in [5.41, 5.74) is 1.34. The predicted octanol–water partition coefficient (Wildman–Crippen LogP) is 1.40. The third-order valence-corrected chi connectivity index (χ3v) is 5.60. The molecule has 0 aromatic carbocycles. The second kappa shape index (κ2) is 8.32. The maximum absolute atomic E-state index is 14.4. The van der Waals surface area contributed by atoms with Crippen LogP contribution >= 0.6 is 0 Å². The van der Waals surface area contributed by atoms with Crippen molar-refractivity contribution >= 4 is 23.2 Å². The Bertz CT molecular complexity index is 1170. The average Bonchev–Trinajstić information content (AvgIpc) is 3.40. The third kappa shape index (κ3) is 3.73. The number of fused-ring (bicyclic) bond motifs is 2. The van der Waals surface area contributed by atoms with E-state index < -0.39 is 11.7 Å². The Morgan fingerprint density at radius 1 is 1.38 bits per heavy atom. The number of hydrogen-bond acceptors (Lipinski definition) is 8. The molecule has 1 amide bonds. The first-order valence-corrected chi connectivity index (χ1v) is 10.6. The summed E-state index contributed by atoms with van der Waals surface area (Å²) >= 11 is 0. The molecule has 0 saturated carbocycles. The molecule has 0 aliphatic carbocycles. The number of morpholine rings is 1. The molecule has 168 valence electrons. The van der Waals surface area contributed by atoms with Gasteiger partial charge in [0.1, 0.15) is 5.56 Å². The maximum atomic E-state index is 14.4. The minimum atomic E-state index is -0.528. The van der Waals surface area contributed by atoms with Crippen LogP contribution in [0.15, 0.2) is 24.7 Å². The molecule has 32 heavy (non-hydrogen) atoms. The second-order valence-electron chi connectivity index (χ2n) is 7.79. The van der Waals surface area contributed by atoms with Gasteiger partial charge in [0, 0.05) is 44.3 Å². The topological polar surface area (TPSA) is 106 Å². The van der Waals surface area contributed by atoms with Crippen LogP contribution < -0.4 is 20.3 Å². The zero-order chi connectivity index (χ0) is 22.2. The molecule has 5 heterocycles. The van der Waals surface area contributed by atoms with Crippen molar-refractivity contribution in [3.63, 3.8) is 0 Å². The fraction of sp³-hybridized carbons (Fsp3) is 0.429. The summed E-state index contributed by atoms with van der Waals surface area (Å²) in [6, 6.07) is 1.36. The van der Waals surface area contributed by atoms with Crippen molar-refractivity contribution in [2.75, 3.05) is 43.1 Å². The summed E-state index contributed by atoms with van der Waals surface area (Å²) in [7, 11) is 0. The summed E-state index contributed by atoms with van der Waals surface area (Å²) < 4.78 is 27.4. The number of imidazole rings is 1. The van der Waals surface area contributed by atoms with Gasteiger partial charge in [-0.3, -0.25) is 4.79 Å². The Morgan fingerprint density at radius 2 is 2.25 bits per heavy atom. The summed E-state index contributed by atoms with van der Waals surface area (Å²) in [5.74, 6) is -0.338. The van der Waals surface area contributed by atoms with E-state index in [1.165, 1.54) is 16.7 Å². The zero-order valence-corrected chi connectivity index (χ0v) is 17.8. The molecule has 2 fully saturated rings. The van der Waals surface area contributed by atoms with Gasteiger partial charge in [0.2, 0.25) is 11.8 Å². The first-order chi connectivity index (χ1) is 15.5. The van der Waals surface area contributed by atoms with Crippen LogP contribution in [0.4, 0.5) is 16.0 Å². The Hall–Kier alpha value is -3.31. The third-order valence-electron chi connectivity index (χ3n) is 5.60. The van der Waals surface area contributed by atoms with Crippen molar-refractivity contribution in [2.45, 2.75) is 26.0 Å². The van der Waals surface area contributed by atoms with Crippen molar-refractivity contribution in [1.82, 2.24) is 24.7 Å². The molecule has 0 radical (unpaired) electrons. The van der Waals surface area contributed by atoms with E-state index in [9.17, 15) is 9.18 Å². The number of hydrogen-bond donors (Lipinski definition) is 2. The van der Waals surface area contributed by atoms with E-state index >= 15 is 0 Å². The summed E-state index contributed by atoms with van der Waals surface area (Å²) in [6.45, 7) is 6.74. The van der Waals surface area contributed by atoms with Crippen LogP contribution in [0.3, 0.4) is 0 Å². The van der Waals surface area contributed by atoms with E-state index in [4.69, 9.17) is 9.47 Å². The summed E-state index contributed by atoms with van der Waals surface area (Å²) in [4.78, 5) is 28.2. The molecule has 10 nitrogen and oxygen atoms in total. The van der Waals surface area contributed by atoms with Crippen LogP contribution in [0.5, 0.6) is 5.88 Å². The lowest BCUT2D eigenvalue weighted by Crippen LogP contribution is -2.51. The molecule has 2 aliphatic heterocycles. The molecular weight excluding hydrogens is 417 g/mol. The summed E-state index contributed by atoms with van der Waals surface area (Å²) in [6.07, 6.45) is 4.83. The van der Waals surface area contributed by atoms with Crippen molar-refractivity contribution in [1.29, 1.82) is 0 Å². The lowest BCUT2D eigenvalue weighted by Gasteiger charge is -2.37. The molecular formula is C21H24FN7O3. The lowest BCUT2D eigenvalue weighted by atomic mass is 10.1. The first-order valence-electron chi connectivity index (χ1n) is 10.6. The van der Waals surface area contributed by atoms with Gasteiger partial charge in [-0.15, -0.1) is 0 Å². The molecule has 11 heteroatoms. The van der Waals surface area contributed by atoms with Crippen LogP contribution in [0.1, 0.15) is 23.0 Å². The van der Waals surface area contributed by atoms with Gasteiger partial charge in [-0.05, 0) is 13.8 Å². The van der Waals surface area contributed by atoms with Gasteiger partial charge in [0.05, 0.1) is 36.7 Å². The lowest BCUT2D eigenvalue weighted by molar-refractivity contribution is 0.0342. The molecule has 0 bridgehead atoms. The van der Waals surface area contributed by atoms with Crippen molar-refractivity contribution in [3.8, 4) is 5.88 Å². The molecule has 2 N–H and O–H groups in total. The number of amides is 1. The standard InChI is InChI=1S/C21H24FN7O3/c1-3-31-20-14(7-24-21(27-20)29-4-5-32-17-9-23-8-16(17)29)19(30)26-13-6-15(22)18-25-12(2)10-28(18)11-13/h6-7,10-11,16-17,23H,3-5,8-9H2,1-2H3,(H,26,30)/t16-,17+/m1/s1. The monoisotopic (exact) mass is 441 g/mol. The first kappa shape index (κ1) is 20.6. The molecule has 0 unspecified atom stereocenters. The molecule has 5 rings (SSSR count). The van der Waals surface area contributed by atoms with E-state index in [0.717, 1.165) is 13.1 Å². The van der Waals surface area contributed by atoms with E-state index in [1.54, 1.807) is 19.3 Å². The highest BCUT2D eigenvalue weighted by molar-refractivity contribution is 6.05. The highest BCUT2D eigenvalue weighted by Crippen LogP contribution is 2.26. The Morgan fingerprint density at radius 3 is 3.09 bits per heavy atom. The fourth-order valence-corrected chi connectivity index (χ4v) is 4.18. The van der Waals surface area contributed by atoms with Gasteiger partial charge < -0.3 is 29.4 Å². The van der Waals surface area contributed by atoms with Gasteiger partial charge in [0.15, 0.2) is 11.5 Å². The van der Waals surface area contributed by atoms with Crippen LogP contribution in [0.2, 0.25) is 0 Å². The molecule has 3 aromatic rings. The van der Waals surface area contributed by atoms with Gasteiger partial charge in [-0.2, -0.15) is 4.98 Å². The Labute approximate surface area is 183 Å². The quantitative estimate of drug-likeness (QED) is 0.612. The van der Waals surface area contributed by atoms with E-state index in [1.807, 2.05) is 6.92 Å². The molecule has 3 aromatic heterocycles. The number of carbonyl (C=O) groups is 1. The van der Waals surface area contributed by atoms with Gasteiger partial charge in [0.25, 0.3) is 5.91 Å². The number of nitrogens with zero attached hydrogens (tertiary/aromatic N) is 5. The Balaban J connectivity index is 1.42. The van der Waals surface area contributed by atoms with Gasteiger partial charge >= 0.3 is 0 Å². The van der Waals surface area contributed by atoms with Crippen molar-refractivity contribution in [3.05, 3.63) is 41.7 Å². The molecule has 0 spiro atoms. The van der Waals surface area contributed by atoms with Crippen molar-refractivity contribution < 1.29 is 18.7 Å². The van der Waals surface area contributed by atoms with Crippen LogP contribution in [0.25, 0.3) is 5.65 Å². The molecule has 2 aliphatic rings. The zero-order valence-electron chi connectivity index (χ0n) is 17.8. The highest BCUT2D eigenvalue weighted by Gasteiger charge is 2.37. The number of aromatic nitrogens is 4. The average molecular weight is 441 g/mol. The van der Waals surface area contributed by atoms with E-state index in [-0.39, 0.29) is 34.9 Å². The Kier molecular flexibility index (Phi) is 5.35. The van der Waals surface area contributed by atoms with Crippen molar-refractivity contribution in [2.24, 2.45) is 0 Å². The van der Waals surface area contributed by atoms with E-state index in [0.29, 0.717) is 31.4 Å². The van der Waals surface area contributed by atoms with Crippen LogP contribution in [-0.2, 0) is 4.74 Å². The van der Waals surface area contributed by atoms with Gasteiger partial charge in [-0.1, -0.05) is 0 Å².